The van der Waals surface area contributed by atoms with Crippen LogP contribution in [0.2, 0.25) is 0 Å². The minimum Gasteiger partial charge on any atom is -0.326 e. The predicted molar refractivity (Wildman–Crippen MR) is 57.7 cm³/mol. The minimum atomic E-state index is -0.318. The van der Waals surface area contributed by atoms with E-state index in [1.807, 2.05) is 0 Å². The van der Waals surface area contributed by atoms with Crippen molar-refractivity contribution in [3.05, 3.63) is 0 Å². The predicted octanol–water partition coefficient (Wildman–Crippen LogP) is 1.12. The van der Waals surface area contributed by atoms with Crippen LogP contribution in [0.1, 0.15) is 27.2 Å². The van der Waals surface area contributed by atoms with Crippen LogP contribution in [0, 0.1) is 11.3 Å². The van der Waals surface area contributed by atoms with Gasteiger partial charge in [-0.05, 0) is 20.8 Å². The van der Waals surface area contributed by atoms with E-state index in [1.54, 1.807) is 0 Å². The first-order valence-electron chi connectivity index (χ1n) is 5.21. The Balaban J connectivity index is 2.77. The molecule has 0 aromatic rings. The standard InChI is InChI=1S/C11H22N3/c1-10(2,3)13-11(8-12)6-7-14(4,5)9-11/h13H,6-7,9H2,1-5H3/q+1. The van der Waals surface area contributed by atoms with Crippen molar-refractivity contribution in [1.29, 1.82) is 5.26 Å². The summed E-state index contributed by atoms with van der Waals surface area (Å²) >= 11 is 0. The molecule has 1 atom stereocenters. The van der Waals surface area contributed by atoms with Gasteiger partial charge in [0.1, 0.15) is 6.54 Å². The van der Waals surface area contributed by atoms with Crippen LogP contribution in [0.15, 0.2) is 0 Å². The zero-order valence-electron chi connectivity index (χ0n) is 10.0. The second-order valence-electron chi connectivity index (χ2n) is 6.14. The van der Waals surface area contributed by atoms with Crippen LogP contribution < -0.4 is 5.32 Å². The van der Waals surface area contributed by atoms with Gasteiger partial charge < -0.3 is 4.48 Å². The lowest BCUT2D eigenvalue weighted by Crippen LogP contribution is -2.56. The molecule has 1 saturated heterocycles. The van der Waals surface area contributed by atoms with Gasteiger partial charge in [-0.1, -0.05) is 0 Å². The Bertz CT molecular complexity index is 257. The lowest BCUT2D eigenvalue weighted by molar-refractivity contribution is -0.879. The number of nitrogens with one attached hydrogen (secondary N) is 1. The van der Waals surface area contributed by atoms with E-state index in [4.69, 9.17) is 0 Å². The smallest absolute Gasteiger partial charge is 0.161 e. The first-order valence-corrected chi connectivity index (χ1v) is 5.21. The van der Waals surface area contributed by atoms with Crippen molar-refractivity contribution in [2.24, 2.45) is 0 Å². The van der Waals surface area contributed by atoms with Crippen molar-refractivity contribution in [2.75, 3.05) is 27.2 Å². The maximum atomic E-state index is 9.29. The van der Waals surface area contributed by atoms with Gasteiger partial charge in [-0.2, -0.15) is 5.26 Å². The summed E-state index contributed by atoms with van der Waals surface area (Å²) in [5.74, 6) is 0. The third-order valence-electron chi connectivity index (χ3n) is 2.67. The van der Waals surface area contributed by atoms with E-state index in [1.165, 1.54) is 0 Å². The highest BCUT2D eigenvalue weighted by atomic mass is 15.4. The van der Waals surface area contributed by atoms with Crippen LogP contribution in [0.3, 0.4) is 0 Å². The minimum absolute atomic E-state index is 0.0140. The molecule has 14 heavy (non-hydrogen) atoms. The molecule has 0 radical (unpaired) electrons. The summed E-state index contributed by atoms with van der Waals surface area (Å²) in [5.41, 5.74) is -0.304. The highest BCUT2D eigenvalue weighted by Gasteiger charge is 2.46. The van der Waals surface area contributed by atoms with Gasteiger partial charge in [-0.15, -0.1) is 0 Å². The van der Waals surface area contributed by atoms with Crippen LogP contribution in [0.5, 0.6) is 0 Å². The van der Waals surface area contributed by atoms with E-state index in [-0.39, 0.29) is 11.1 Å². The van der Waals surface area contributed by atoms with Crippen LogP contribution in [0.4, 0.5) is 0 Å². The molecule has 1 aliphatic rings. The van der Waals surface area contributed by atoms with Crippen molar-refractivity contribution in [3.63, 3.8) is 0 Å². The van der Waals surface area contributed by atoms with E-state index in [2.05, 4.69) is 46.3 Å². The molecule has 1 rings (SSSR count). The number of rotatable bonds is 1. The van der Waals surface area contributed by atoms with Crippen molar-refractivity contribution in [1.82, 2.24) is 5.32 Å². The largest absolute Gasteiger partial charge is 0.326 e. The van der Waals surface area contributed by atoms with Crippen molar-refractivity contribution in [3.8, 4) is 6.07 Å². The number of hydrogen-bond donors (Lipinski definition) is 1. The van der Waals surface area contributed by atoms with Gasteiger partial charge >= 0.3 is 0 Å². The summed E-state index contributed by atoms with van der Waals surface area (Å²) < 4.78 is 0.941. The molecule has 0 spiro atoms. The number of hydrogen-bond acceptors (Lipinski definition) is 2. The third kappa shape index (κ3) is 2.70. The molecule has 0 aromatic heterocycles. The molecule has 1 N–H and O–H groups in total. The second kappa shape index (κ2) is 3.22. The first kappa shape index (κ1) is 11.5. The molecule has 1 unspecified atom stereocenters. The van der Waals surface area contributed by atoms with E-state index in [0.29, 0.717) is 0 Å². The molecule has 1 fully saturated rings. The Morgan fingerprint density at radius 3 is 2.21 bits per heavy atom. The molecule has 1 aliphatic heterocycles. The molecule has 0 saturated carbocycles. The fraction of sp³-hybridized carbons (Fsp3) is 0.909. The molecule has 0 bridgehead atoms. The molecular weight excluding hydrogens is 174 g/mol. The average molecular weight is 196 g/mol. The van der Waals surface area contributed by atoms with Gasteiger partial charge in [-0.25, -0.2) is 0 Å². The zero-order chi connectivity index (χ0) is 11.0. The SMILES string of the molecule is CC(C)(C)NC1(C#N)CC[N+](C)(C)C1. The monoisotopic (exact) mass is 196 g/mol. The number of quaternary nitrogens is 1. The summed E-state index contributed by atoms with van der Waals surface area (Å²) in [5, 5.41) is 12.7. The summed E-state index contributed by atoms with van der Waals surface area (Å²) in [7, 11) is 4.37. The molecule has 3 nitrogen and oxygen atoms in total. The van der Waals surface area contributed by atoms with E-state index < -0.39 is 0 Å². The topological polar surface area (TPSA) is 35.8 Å². The van der Waals surface area contributed by atoms with E-state index in [9.17, 15) is 5.26 Å². The Labute approximate surface area is 87.3 Å². The van der Waals surface area contributed by atoms with Crippen molar-refractivity contribution >= 4 is 0 Å². The van der Waals surface area contributed by atoms with Gasteiger partial charge in [0, 0.05) is 12.0 Å². The maximum Gasteiger partial charge on any atom is 0.161 e. The molecular formula is C11H22N3+. The normalized spacial score (nSPS) is 31.4. The number of nitrogens with zero attached hydrogens (tertiary/aromatic N) is 2. The van der Waals surface area contributed by atoms with E-state index in [0.717, 1.165) is 24.0 Å². The molecule has 1 heterocycles. The summed E-state index contributed by atoms with van der Waals surface area (Å²) in [6.07, 6.45) is 0.952. The summed E-state index contributed by atoms with van der Waals surface area (Å²) in [4.78, 5) is 0. The van der Waals surface area contributed by atoms with Crippen molar-refractivity contribution in [2.45, 2.75) is 38.3 Å². The van der Waals surface area contributed by atoms with Gasteiger partial charge in [0.2, 0.25) is 0 Å². The Kier molecular flexibility index (Phi) is 2.64. The average Bonchev–Trinajstić information content (AvgIpc) is 2.24. The summed E-state index contributed by atoms with van der Waals surface area (Å²) in [6, 6.07) is 2.46. The molecule has 0 aromatic carbocycles. The zero-order valence-corrected chi connectivity index (χ0v) is 10.0. The van der Waals surface area contributed by atoms with Gasteiger partial charge in [0.25, 0.3) is 0 Å². The van der Waals surface area contributed by atoms with Gasteiger partial charge in [0.15, 0.2) is 5.54 Å². The van der Waals surface area contributed by atoms with Crippen LogP contribution in [0.25, 0.3) is 0 Å². The summed E-state index contributed by atoms with van der Waals surface area (Å²) in [6.45, 7) is 8.33. The van der Waals surface area contributed by atoms with Crippen LogP contribution in [-0.4, -0.2) is 42.7 Å². The first-order chi connectivity index (χ1) is 6.18. The lowest BCUT2D eigenvalue weighted by atomic mass is 9.95. The number of likely N-dealkylation sites (tertiary alicyclic amines) is 1. The maximum absolute atomic E-state index is 9.29. The van der Waals surface area contributed by atoms with E-state index >= 15 is 0 Å². The van der Waals surface area contributed by atoms with Gasteiger partial charge in [0.05, 0.1) is 26.7 Å². The fourth-order valence-electron chi connectivity index (χ4n) is 2.32. The van der Waals surface area contributed by atoms with Crippen LogP contribution in [-0.2, 0) is 0 Å². The number of likely N-dealkylation sites (N-methyl/N-ethyl adjacent to an activating group) is 1. The molecule has 3 heteroatoms. The third-order valence-corrected chi connectivity index (χ3v) is 2.67. The molecule has 80 valence electrons. The lowest BCUT2D eigenvalue weighted by Gasteiger charge is -2.32. The number of nitriles is 1. The van der Waals surface area contributed by atoms with Crippen molar-refractivity contribution < 1.29 is 4.48 Å². The quantitative estimate of drug-likeness (QED) is 0.638. The highest BCUT2D eigenvalue weighted by molar-refractivity contribution is 5.11. The Morgan fingerprint density at radius 1 is 1.36 bits per heavy atom. The fourth-order valence-corrected chi connectivity index (χ4v) is 2.32. The molecule has 0 amide bonds. The van der Waals surface area contributed by atoms with Gasteiger partial charge in [-0.3, -0.25) is 5.32 Å². The highest BCUT2D eigenvalue weighted by Crippen LogP contribution is 2.26. The Hall–Kier alpha value is -0.590. The Morgan fingerprint density at radius 2 is 1.93 bits per heavy atom. The second-order valence-corrected chi connectivity index (χ2v) is 6.14. The molecule has 0 aliphatic carbocycles. The van der Waals surface area contributed by atoms with Crippen LogP contribution >= 0.6 is 0 Å².